The van der Waals surface area contributed by atoms with Gasteiger partial charge in [0.1, 0.15) is 12.2 Å². The summed E-state index contributed by atoms with van der Waals surface area (Å²) >= 11 is 0. The maximum Gasteiger partial charge on any atom is 0.123 e. The van der Waals surface area contributed by atoms with Gasteiger partial charge in [-0.05, 0) is 6.42 Å². The SMILES string of the molecule is O=C=CC/C=C/CC=O. The molecule has 0 aromatic carbocycles. The molecule has 0 spiro atoms. The molecular formula is C7H8O2. The second-order valence-corrected chi connectivity index (χ2v) is 1.43. The number of aldehydes is 1. The number of carbonyl (C=O) groups is 1. The maximum atomic E-state index is 9.70. The van der Waals surface area contributed by atoms with Crippen LogP contribution in [-0.2, 0) is 9.59 Å². The van der Waals surface area contributed by atoms with E-state index >= 15 is 0 Å². The molecule has 0 fully saturated rings. The molecule has 0 N–H and O–H groups in total. The van der Waals surface area contributed by atoms with Crippen molar-refractivity contribution in [2.75, 3.05) is 0 Å². The fraction of sp³-hybridized carbons (Fsp3) is 0.286. The van der Waals surface area contributed by atoms with Crippen LogP contribution >= 0.6 is 0 Å². The zero-order valence-corrected chi connectivity index (χ0v) is 5.04. The second kappa shape index (κ2) is 6.86. The third kappa shape index (κ3) is 6.86. The molecule has 9 heavy (non-hydrogen) atoms. The van der Waals surface area contributed by atoms with Crippen LogP contribution in [0.4, 0.5) is 0 Å². The van der Waals surface area contributed by atoms with E-state index in [1.807, 2.05) is 0 Å². The van der Waals surface area contributed by atoms with Gasteiger partial charge in [-0.3, -0.25) is 0 Å². The van der Waals surface area contributed by atoms with Crippen molar-refractivity contribution in [3.8, 4) is 0 Å². The van der Waals surface area contributed by atoms with Crippen LogP contribution in [0.1, 0.15) is 12.8 Å². The predicted molar refractivity (Wildman–Crippen MR) is 34.7 cm³/mol. The Hall–Kier alpha value is -1.14. The quantitative estimate of drug-likeness (QED) is 0.317. The molecule has 0 saturated heterocycles. The van der Waals surface area contributed by atoms with Crippen molar-refractivity contribution in [3.05, 3.63) is 18.2 Å². The number of rotatable bonds is 4. The standard InChI is InChI=1S/C7H8O2/c8-6-4-2-1-3-5-7-9/h1-2,5-6H,3-4H2/b2-1+. The highest BCUT2D eigenvalue weighted by Crippen LogP contribution is 1.83. The fourth-order valence-corrected chi connectivity index (χ4v) is 0.364. The van der Waals surface area contributed by atoms with Gasteiger partial charge in [-0.1, -0.05) is 12.2 Å². The number of carbonyl (C=O) groups excluding carboxylic acids is 2. The zero-order chi connectivity index (χ0) is 6.95. The minimum Gasteiger partial charge on any atom is -0.303 e. The van der Waals surface area contributed by atoms with Crippen LogP contribution in [0, 0.1) is 0 Å². The highest BCUT2D eigenvalue weighted by Gasteiger charge is 1.70. The van der Waals surface area contributed by atoms with Crippen LogP contribution in [0.2, 0.25) is 0 Å². The Labute approximate surface area is 53.9 Å². The van der Waals surface area contributed by atoms with E-state index in [0.717, 1.165) is 6.29 Å². The Kier molecular flexibility index (Phi) is 5.99. The first-order chi connectivity index (χ1) is 4.41. The summed E-state index contributed by atoms with van der Waals surface area (Å²) in [5, 5.41) is 0. The summed E-state index contributed by atoms with van der Waals surface area (Å²) in [5.41, 5.74) is 0. The van der Waals surface area contributed by atoms with E-state index in [1.54, 1.807) is 18.1 Å². The van der Waals surface area contributed by atoms with Crippen LogP contribution in [0.5, 0.6) is 0 Å². The van der Waals surface area contributed by atoms with Gasteiger partial charge in [-0.25, -0.2) is 4.79 Å². The Balaban J connectivity index is 3.24. The molecule has 0 saturated carbocycles. The summed E-state index contributed by atoms with van der Waals surface area (Å²) < 4.78 is 0. The summed E-state index contributed by atoms with van der Waals surface area (Å²) in [6.07, 6.45) is 6.62. The average molecular weight is 124 g/mol. The van der Waals surface area contributed by atoms with Gasteiger partial charge in [0.25, 0.3) is 0 Å². The summed E-state index contributed by atoms with van der Waals surface area (Å²) in [5.74, 6) is 1.63. The van der Waals surface area contributed by atoms with Crippen molar-refractivity contribution in [3.63, 3.8) is 0 Å². The summed E-state index contributed by atoms with van der Waals surface area (Å²) in [4.78, 5) is 19.3. The minimum absolute atomic E-state index is 0.423. The molecular weight excluding hydrogens is 116 g/mol. The second-order valence-electron chi connectivity index (χ2n) is 1.43. The molecule has 0 heterocycles. The Morgan fingerprint density at radius 2 is 1.89 bits per heavy atom. The lowest BCUT2D eigenvalue weighted by atomic mass is 10.3. The van der Waals surface area contributed by atoms with E-state index in [-0.39, 0.29) is 0 Å². The molecule has 0 aromatic heterocycles. The predicted octanol–water partition coefficient (Wildman–Crippen LogP) is 0.909. The van der Waals surface area contributed by atoms with Gasteiger partial charge in [0.05, 0.1) is 0 Å². The first-order valence-electron chi connectivity index (χ1n) is 2.69. The first-order valence-corrected chi connectivity index (χ1v) is 2.69. The van der Waals surface area contributed by atoms with Crippen molar-refractivity contribution >= 4 is 12.2 Å². The first kappa shape index (κ1) is 7.86. The Morgan fingerprint density at radius 1 is 1.22 bits per heavy atom. The van der Waals surface area contributed by atoms with E-state index in [1.165, 1.54) is 6.08 Å². The summed E-state index contributed by atoms with van der Waals surface area (Å²) in [6, 6.07) is 0. The highest BCUT2D eigenvalue weighted by atomic mass is 16.1. The maximum absolute atomic E-state index is 9.70. The van der Waals surface area contributed by atoms with Gasteiger partial charge in [0.15, 0.2) is 0 Å². The molecule has 0 bridgehead atoms. The highest BCUT2D eigenvalue weighted by molar-refractivity contribution is 5.52. The van der Waals surface area contributed by atoms with Crippen molar-refractivity contribution < 1.29 is 9.59 Å². The third-order valence-corrected chi connectivity index (χ3v) is 0.736. The van der Waals surface area contributed by atoms with Gasteiger partial charge in [-0.15, -0.1) is 0 Å². The molecule has 0 aliphatic carbocycles. The topological polar surface area (TPSA) is 34.1 Å². The molecule has 0 radical (unpaired) electrons. The molecule has 0 unspecified atom stereocenters. The van der Waals surface area contributed by atoms with E-state index in [4.69, 9.17) is 0 Å². The third-order valence-electron chi connectivity index (χ3n) is 0.736. The molecule has 2 heteroatoms. The average Bonchev–Trinajstić information content (AvgIpc) is 1.89. The summed E-state index contributed by atoms with van der Waals surface area (Å²) in [7, 11) is 0. The fourth-order valence-electron chi connectivity index (χ4n) is 0.364. The smallest absolute Gasteiger partial charge is 0.123 e. The van der Waals surface area contributed by atoms with Crippen LogP contribution < -0.4 is 0 Å². The van der Waals surface area contributed by atoms with E-state index in [9.17, 15) is 9.59 Å². The molecule has 0 amide bonds. The Morgan fingerprint density at radius 3 is 2.44 bits per heavy atom. The zero-order valence-electron chi connectivity index (χ0n) is 5.04. The van der Waals surface area contributed by atoms with Crippen molar-refractivity contribution in [1.29, 1.82) is 0 Å². The van der Waals surface area contributed by atoms with Crippen LogP contribution in [-0.4, -0.2) is 12.2 Å². The number of hydrogen-bond acceptors (Lipinski definition) is 2. The monoisotopic (exact) mass is 124 g/mol. The minimum atomic E-state index is 0.423. The van der Waals surface area contributed by atoms with E-state index < -0.39 is 0 Å². The lowest BCUT2D eigenvalue weighted by Gasteiger charge is -1.74. The molecule has 0 atom stereocenters. The van der Waals surface area contributed by atoms with Gasteiger partial charge >= 0.3 is 0 Å². The number of hydrogen-bond donors (Lipinski definition) is 0. The molecule has 2 nitrogen and oxygen atoms in total. The summed E-state index contributed by atoms with van der Waals surface area (Å²) in [6.45, 7) is 0. The van der Waals surface area contributed by atoms with Crippen LogP contribution in [0.3, 0.4) is 0 Å². The van der Waals surface area contributed by atoms with Crippen molar-refractivity contribution in [2.45, 2.75) is 12.8 Å². The lowest BCUT2D eigenvalue weighted by Crippen LogP contribution is -1.65. The Bertz CT molecular complexity index is 141. The van der Waals surface area contributed by atoms with Gasteiger partial charge < -0.3 is 4.79 Å². The van der Waals surface area contributed by atoms with E-state index in [2.05, 4.69) is 0 Å². The molecule has 0 aliphatic rings. The molecule has 0 aliphatic heterocycles. The number of allylic oxidation sites excluding steroid dienone is 3. The largest absolute Gasteiger partial charge is 0.303 e. The molecule has 48 valence electrons. The van der Waals surface area contributed by atoms with Crippen molar-refractivity contribution in [2.24, 2.45) is 0 Å². The van der Waals surface area contributed by atoms with Crippen molar-refractivity contribution in [1.82, 2.24) is 0 Å². The van der Waals surface area contributed by atoms with Crippen LogP contribution in [0.25, 0.3) is 0 Å². The lowest BCUT2D eigenvalue weighted by molar-refractivity contribution is -0.107. The van der Waals surface area contributed by atoms with E-state index in [0.29, 0.717) is 12.8 Å². The van der Waals surface area contributed by atoms with Gasteiger partial charge in [0.2, 0.25) is 0 Å². The van der Waals surface area contributed by atoms with Gasteiger partial charge in [-0.2, -0.15) is 0 Å². The molecule has 0 rings (SSSR count). The van der Waals surface area contributed by atoms with Crippen LogP contribution in [0.15, 0.2) is 18.2 Å². The molecule has 0 aromatic rings. The normalized spacial score (nSPS) is 8.89. The van der Waals surface area contributed by atoms with Gasteiger partial charge in [0, 0.05) is 12.5 Å².